The summed E-state index contributed by atoms with van der Waals surface area (Å²) in [5.41, 5.74) is 1.46. The number of aromatic nitrogens is 3. The van der Waals surface area contributed by atoms with Crippen molar-refractivity contribution in [2.24, 2.45) is 7.05 Å². The summed E-state index contributed by atoms with van der Waals surface area (Å²) in [5, 5.41) is 21.4. The van der Waals surface area contributed by atoms with E-state index in [-0.39, 0.29) is 12.3 Å². The summed E-state index contributed by atoms with van der Waals surface area (Å²) in [4.78, 5) is 35.9. The Hall–Kier alpha value is -3.55. The van der Waals surface area contributed by atoms with Crippen molar-refractivity contribution >= 4 is 22.6 Å². The van der Waals surface area contributed by atoms with Gasteiger partial charge in [0.25, 0.3) is 11.5 Å². The molecule has 0 radical (unpaired) electrons. The van der Waals surface area contributed by atoms with Crippen LogP contribution in [0.15, 0.2) is 35.1 Å². The van der Waals surface area contributed by atoms with Gasteiger partial charge in [0.2, 0.25) is 0 Å². The van der Waals surface area contributed by atoms with Crippen molar-refractivity contribution in [1.29, 1.82) is 0 Å². The highest BCUT2D eigenvalue weighted by Gasteiger charge is 2.21. The molecule has 0 aliphatic heterocycles. The summed E-state index contributed by atoms with van der Waals surface area (Å²) in [5.74, 6) is -1.50. The first-order chi connectivity index (χ1) is 12.8. The zero-order valence-electron chi connectivity index (χ0n) is 15.1. The monoisotopic (exact) mass is 366 g/mol. The van der Waals surface area contributed by atoms with Gasteiger partial charge in [0.1, 0.15) is 17.1 Å². The first-order valence-corrected chi connectivity index (χ1v) is 8.23. The predicted octanol–water partition coefficient (Wildman–Crippen LogP) is 1.33. The Kier molecular flexibility index (Phi) is 4.72. The Bertz CT molecular complexity index is 1120. The van der Waals surface area contributed by atoms with Crippen molar-refractivity contribution < 1.29 is 14.7 Å². The second-order valence-corrected chi connectivity index (χ2v) is 6.26. The fourth-order valence-corrected chi connectivity index (χ4v) is 2.74. The van der Waals surface area contributed by atoms with Gasteiger partial charge in [-0.2, -0.15) is 10.2 Å². The number of rotatable bonds is 4. The molecule has 3 aromatic rings. The Labute approximate surface area is 154 Å². The molecule has 8 heteroatoms. The number of Topliss-reactive ketones (excluding diaryl/α,β-unsaturated/α-hetero) is 1. The van der Waals surface area contributed by atoms with Crippen LogP contribution in [0.4, 0.5) is 0 Å². The Morgan fingerprint density at radius 1 is 1.19 bits per heavy atom. The van der Waals surface area contributed by atoms with Crippen LogP contribution in [-0.4, -0.2) is 38.1 Å². The van der Waals surface area contributed by atoms with Crippen LogP contribution in [-0.2, 0) is 11.8 Å². The largest absolute Gasteiger partial charge is 0.506 e. The van der Waals surface area contributed by atoms with E-state index in [1.807, 2.05) is 13.0 Å². The van der Waals surface area contributed by atoms with Crippen LogP contribution in [0.3, 0.4) is 0 Å². The number of hydrogen-bond acceptors (Lipinski definition) is 6. The predicted molar refractivity (Wildman–Crippen MR) is 99.6 cm³/mol. The number of hydrogen-bond donors (Lipinski definition) is 2. The molecule has 0 saturated heterocycles. The number of carbonyl (C=O) groups is 2. The van der Waals surface area contributed by atoms with E-state index >= 15 is 0 Å². The third-order valence-corrected chi connectivity index (χ3v) is 4.19. The second-order valence-electron chi connectivity index (χ2n) is 6.26. The van der Waals surface area contributed by atoms with E-state index in [2.05, 4.69) is 15.5 Å². The summed E-state index contributed by atoms with van der Waals surface area (Å²) in [7, 11) is 1.51. The van der Waals surface area contributed by atoms with Crippen LogP contribution in [0, 0.1) is 6.92 Å². The van der Waals surface area contributed by atoms with Gasteiger partial charge in [-0.05, 0) is 38.1 Å². The zero-order chi connectivity index (χ0) is 19.7. The molecule has 27 heavy (non-hydrogen) atoms. The minimum absolute atomic E-state index is 0.224. The highest BCUT2D eigenvalue weighted by molar-refractivity contribution is 6.04. The second kappa shape index (κ2) is 6.99. The number of nitrogens with one attached hydrogen (secondary N) is 1. The van der Waals surface area contributed by atoms with Crippen LogP contribution in [0.2, 0.25) is 0 Å². The molecule has 0 atom stereocenters. The molecule has 0 aliphatic carbocycles. The van der Waals surface area contributed by atoms with E-state index in [4.69, 9.17) is 0 Å². The maximum atomic E-state index is 12.5. The number of aromatic hydroxyl groups is 1. The van der Waals surface area contributed by atoms with Gasteiger partial charge in [-0.25, -0.2) is 0 Å². The quantitative estimate of drug-likeness (QED) is 0.720. The van der Waals surface area contributed by atoms with Gasteiger partial charge in [0.15, 0.2) is 0 Å². The van der Waals surface area contributed by atoms with Crippen molar-refractivity contribution in [1.82, 2.24) is 20.1 Å². The van der Waals surface area contributed by atoms with Crippen molar-refractivity contribution in [3.05, 3.63) is 51.9 Å². The van der Waals surface area contributed by atoms with Crippen molar-refractivity contribution in [2.45, 2.75) is 13.8 Å². The highest BCUT2D eigenvalue weighted by atomic mass is 16.3. The molecule has 1 aromatic carbocycles. The third-order valence-electron chi connectivity index (χ3n) is 4.19. The Balaban J connectivity index is 2.18. The highest BCUT2D eigenvalue weighted by Crippen LogP contribution is 2.30. The van der Waals surface area contributed by atoms with Crippen molar-refractivity contribution in [3.63, 3.8) is 0 Å². The average molecular weight is 366 g/mol. The zero-order valence-corrected chi connectivity index (χ0v) is 15.1. The van der Waals surface area contributed by atoms with Crippen molar-refractivity contribution in [2.75, 3.05) is 6.54 Å². The van der Waals surface area contributed by atoms with Gasteiger partial charge >= 0.3 is 0 Å². The topological polar surface area (TPSA) is 114 Å². The van der Waals surface area contributed by atoms with E-state index in [1.165, 1.54) is 18.5 Å². The van der Waals surface area contributed by atoms with Gasteiger partial charge in [-0.3, -0.25) is 14.4 Å². The lowest BCUT2D eigenvalue weighted by Gasteiger charge is -2.12. The molecule has 2 aromatic heterocycles. The van der Waals surface area contributed by atoms with E-state index in [0.717, 1.165) is 5.69 Å². The van der Waals surface area contributed by atoms with Crippen LogP contribution in [0.5, 0.6) is 5.75 Å². The van der Waals surface area contributed by atoms with Gasteiger partial charge in [0, 0.05) is 18.0 Å². The number of ketones is 1. The molecule has 0 aliphatic rings. The van der Waals surface area contributed by atoms with Crippen LogP contribution < -0.4 is 10.9 Å². The molecule has 1 amide bonds. The van der Waals surface area contributed by atoms with Gasteiger partial charge in [0.05, 0.1) is 23.4 Å². The van der Waals surface area contributed by atoms with Crippen LogP contribution in [0.25, 0.3) is 22.2 Å². The molecular formula is C19H18N4O4. The minimum Gasteiger partial charge on any atom is -0.506 e. The molecule has 2 heterocycles. The molecule has 2 N–H and O–H groups in total. The fraction of sp³-hybridized carbons (Fsp3) is 0.211. The molecule has 0 bridgehead atoms. The number of pyridine rings is 1. The summed E-state index contributed by atoms with van der Waals surface area (Å²) in [6.45, 7) is 2.91. The summed E-state index contributed by atoms with van der Waals surface area (Å²) in [6, 6.07) is 8.68. The third kappa shape index (κ3) is 3.41. The lowest BCUT2D eigenvalue weighted by atomic mass is 10.0. The van der Waals surface area contributed by atoms with Crippen LogP contribution >= 0.6 is 0 Å². The first-order valence-electron chi connectivity index (χ1n) is 8.23. The molecule has 3 rings (SSSR count). The number of aryl methyl sites for hydroxylation is 2. The molecule has 0 saturated carbocycles. The Morgan fingerprint density at radius 3 is 2.56 bits per heavy atom. The van der Waals surface area contributed by atoms with Gasteiger partial charge < -0.3 is 15.0 Å². The summed E-state index contributed by atoms with van der Waals surface area (Å²) in [6.07, 6.45) is 0. The average Bonchev–Trinajstić information content (AvgIpc) is 2.65. The smallest absolute Gasteiger partial charge is 0.267 e. The standard InChI is InChI=1S/C19H18N4O4/c1-10-4-6-14(22-21-10)12-5-7-15-13(8-12)17(25)16(19(27)23(15)3)18(26)20-9-11(2)24/h4-8,25H,9H2,1-3H3,(H,20,26). The van der Waals surface area contributed by atoms with Gasteiger partial charge in [-0.15, -0.1) is 0 Å². The molecular weight excluding hydrogens is 348 g/mol. The molecule has 138 valence electrons. The lowest BCUT2D eigenvalue weighted by molar-refractivity contribution is -0.116. The van der Waals surface area contributed by atoms with Crippen LogP contribution in [0.1, 0.15) is 23.0 Å². The lowest BCUT2D eigenvalue weighted by Crippen LogP contribution is -2.34. The van der Waals surface area contributed by atoms with E-state index in [1.54, 1.807) is 24.3 Å². The summed E-state index contributed by atoms with van der Waals surface area (Å²) < 4.78 is 1.28. The van der Waals surface area contributed by atoms with E-state index in [0.29, 0.717) is 22.2 Å². The maximum Gasteiger partial charge on any atom is 0.267 e. The number of amides is 1. The molecule has 0 fully saturated rings. The SMILES string of the molecule is CC(=O)CNC(=O)c1c(O)c2cc(-c3ccc(C)nn3)ccc2n(C)c1=O. The number of carbonyl (C=O) groups excluding carboxylic acids is 2. The summed E-state index contributed by atoms with van der Waals surface area (Å²) >= 11 is 0. The molecule has 0 unspecified atom stereocenters. The first kappa shape index (κ1) is 18.2. The number of benzene rings is 1. The minimum atomic E-state index is -0.800. The molecule has 0 spiro atoms. The van der Waals surface area contributed by atoms with Crippen molar-refractivity contribution in [3.8, 4) is 17.0 Å². The number of fused-ring (bicyclic) bond motifs is 1. The maximum absolute atomic E-state index is 12.5. The van der Waals surface area contributed by atoms with E-state index in [9.17, 15) is 19.5 Å². The van der Waals surface area contributed by atoms with Gasteiger partial charge in [-0.1, -0.05) is 6.07 Å². The Morgan fingerprint density at radius 2 is 1.93 bits per heavy atom. The normalized spacial score (nSPS) is 10.8. The number of nitrogens with zero attached hydrogens (tertiary/aromatic N) is 3. The fourth-order valence-electron chi connectivity index (χ4n) is 2.74. The molecule has 8 nitrogen and oxygen atoms in total. The van der Waals surface area contributed by atoms with E-state index < -0.39 is 22.8 Å².